The zero-order valence-electron chi connectivity index (χ0n) is 16.7. The predicted molar refractivity (Wildman–Crippen MR) is 107 cm³/mol. The Morgan fingerprint density at radius 3 is 2.56 bits per heavy atom. The van der Waals surface area contributed by atoms with E-state index in [-0.39, 0.29) is 0 Å². The molecule has 27 heavy (non-hydrogen) atoms. The van der Waals surface area contributed by atoms with Crippen LogP contribution in [0.15, 0.2) is 24.3 Å². The van der Waals surface area contributed by atoms with Crippen LogP contribution in [-0.2, 0) is 4.79 Å². The van der Waals surface area contributed by atoms with Crippen molar-refractivity contribution >= 4 is 5.91 Å². The highest BCUT2D eigenvalue weighted by Crippen LogP contribution is 2.33. The minimum atomic E-state index is 0.345. The van der Waals surface area contributed by atoms with E-state index in [1.807, 2.05) is 6.07 Å². The molecule has 1 aromatic rings. The van der Waals surface area contributed by atoms with E-state index in [1.165, 1.54) is 31.2 Å². The van der Waals surface area contributed by atoms with Crippen LogP contribution in [0, 0.1) is 5.92 Å². The summed E-state index contributed by atoms with van der Waals surface area (Å²) in [5.74, 6) is 1.86. The fraction of sp³-hybridized carbons (Fsp3) is 0.682. The molecule has 1 N–H and O–H groups in total. The number of hydrogen-bond acceptors (Lipinski definition) is 4. The lowest BCUT2D eigenvalue weighted by Crippen LogP contribution is -2.50. The Kier molecular flexibility index (Phi) is 5.69. The Morgan fingerprint density at radius 1 is 1.19 bits per heavy atom. The summed E-state index contributed by atoms with van der Waals surface area (Å²) in [7, 11) is 1.71. The molecule has 3 unspecified atom stereocenters. The van der Waals surface area contributed by atoms with Crippen LogP contribution in [0.5, 0.6) is 5.75 Å². The van der Waals surface area contributed by atoms with E-state index in [1.54, 1.807) is 7.11 Å². The predicted octanol–water partition coefficient (Wildman–Crippen LogP) is 2.82. The van der Waals surface area contributed by atoms with E-state index < -0.39 is 0 Å². The van der Waals surface area contributed by atoms with Gasteiger partial charge in [-0.25, -0.2) is 0 Å². The standard InChI is InChI=1S/C22H33N3O2/c1-16(18-4-3-5-21(15-18)27-2)24-8-10-25(11-9-24)22(26)14-17-12-19-6-7-20(13-17)23-19/h3-5,15-17,19-20,23H,6-14H2,1-2H3. The average molecular weight is 372 g/mol. The molecular weight excluding hydrogens is 338 g/mol. The first-order valence-corrected chi connectivity index (χ1v) is 10.5. The van der Waals surface area contributed by atoms with E-state index in [0.29, 0.717) is 30.0 Å². The number of fused-ring (bicyclic) bond motifs is 2. The van der Waals surface area contributed by atoms with Gasteiger partial charge in [-0.05, 0) is 56.2 Å². The van der Waals surface area contributed by atoms with Crippen LogP contribution in [-0.4, -0.2) is 61.1 Å². The molecule has 5 heteroatoms. The fourth-order valence-electron chi connectivity index (χ4n) is 5.19. The zero-order valence-corrected chi connectivity index (χ0v) is 16.7. The number of nitrogens with one attached hydrogen (secondary N) is 1. The summed E-state index contributed by atoms with van der Waals surface area (Å²) in [4.78, 5) is 17.4. The van der Waals surface area contributed by atoms with Gasteiger partial charge < -0.3 is 15.0 Å². The second-order valence-corrected chi connectivity index (χ2v) is 8.55. The van der Waals surface area contributed by atoms with E-state index in [4.69, 9.17) is 4.74 Å². The van der Waals surface area contributed by atoms with Crippen molar-refractivity contribution in [2.45, 2.75) is 57.2 Å². The molecule has 0 spiro atoms. The van der Waals surface area contributed by atoms with Crippen molar-refractivity contribution in [1.82, 2.24) is 15.1 Å². The van der Waals surface area contributed by atoms with Gasteiger partial charge in [0.1, 0.15) is 5.75 Å². The number of rotatable bonds is 5. The summed E-state index contributed by atoms with van der Waals surface area (Å²) >= 11 is 0. The number of carbonyl (C=O) groups is 1. The van der Waals surface area contributed by atoms with Gasteiger partial charge in [0.25, 0.3) is 0 Å². The summed E-state index contributed by atoms with van der Waals surface area (Å²) in [6, 6.07) is 10.0. The minimum Gasteiger partial charge on any atom is -0.497 e. The molecule has 2 bridgehead atoms. The SMILES string of the molecule is COc1cccc(C(C)N2CCN(C(=O)CC3CC4CCC(C3)N4)CC2)c1. The van der Waals surface area contributed by atoms with E-state index in [2.05, 4.69) is 40.2 Å². The number of piperazine rings is 1. The maximum atomic E-state index is 12.8. The van der Waals surface area contributed by atoms with Crippen molar-refractivity contribution in [1.29, 1.82) is 0 Å². The number of methoxy groups -OCH3 is 1. The molecule has 4 rings (SSSR count). The molecule has 3 fully saturated rings. The number of nitrogens with zero attached hydrogens (tertiary/aromatic N) is 2. The lowest BCUT2D eigenvalue weighted by Gasteiger charge is -2.39. The fourth-order valence-corrected chi connectivity index (χ4v) is 5.19. The number of amides is 1. The van der Waals surface area contributed by atoms with Gasteiger partial charge in [0, 0.05) is 50.7 Å². The largest absolute Gasteiger partial charge is 0.497 e. The molecule has 3 saturated heterocycles. The van der Waals surface area contributed by atoms with Crippen molar-refractivity contribution in [3.63, 3.8) is 0 Å². The Balaban J connectivity index is 1.27. The highest BCUT2D eigenvalue weighted by atomic mass is 16.5. The molecule has 0 radical (unpaired) electrons. The molecule has 1 aromatic carbocycles. The second kappa shape index (κ2) is 8.19. The van der Waals surface area contributed by atoms with Crippen LogP contribution in [0.25, 0.3) is 0 Å². The monoisotopic (exact) mass is 371 g/mol. The first-order valence-electron chi connectivity index (χ1n) is 10.5. The molecule has 3 aliphatic rings. The Labute approximate surface area is 163 Å². The molecule has 0 saturated carbocycles. The van der Waals surface area contributed by atoms with E-state index >= 15 is 0 Å². The Morgan fingerprint density at radius 2 is 1.89 bits per heavy atom. The number of ether oxygens (including phenoxy) is 1. The summed E-state index contributed by atoms with van der Waals surface area (Å²) in [5.41, 5.74) is 1.28. The van der Waals surface area contributed by atoms with Crippen LogP contribution < -0.4 is 10.1 Å². The Bertz CT molecular complexity index is 645. The molecule has 3 atom stereocenters. The van der Waals surface area contributed by atoms with Gasteiger partial charge in [-0.1, -0.05) is 12.1 Å². The van der Waals surface area contributed by atoms with Crippen LogP contribution in [0.4, 0.5) is 0 Å². The summed E-state index contributed by atoms with van der Waals surface area (Å²) in [6.07, 6.45) is 5.73. The maximum absolute atomic E-state index is 12.8. The van der Waals surface area contributed by atoms with Crippen LogP contribution in [0.2, 0.25) is 0 Å². The third-order valence-electron chi connectivity index (χ3n) is 6.82. The normalized spacial score (nSPS) is 29.6. The first-order chi connectivity index (χ1) is 13.1. The van der Waals surface area contributed by atoms with Gasteiger partial charge in [-0.3, -0.25) is 9.69 Å². The summed E-state index contributed by atoms with van der Waals surface area (Å²) < 4.78 is 5.36. The molecule has 3 heterocycles. The van der Waals surface area contributed by atoms with Gasteiger partial charge in [0.2, 0.25) is 5.91 Å². The number of benzene rings is 1. The van der Waals surface area contributed by atoms with Crippen LogP contribution >= 0.6 is 0 Å². The summed E-state index contributed by atoms with van der Waals surface area (Å²) in [6.45, 7) is 5.84. The van der Waals surface area contributed by atoms with E-state index in [9.17, 15) is 4.79 Å². The molecule has 1 amide bonds. The zero-order chi connectivity index (χ0) is 18.8. The van der Waals surface area contributed by atoms with Gasteiger partial charge in [-0.15, -0.1) is 0 Å². The van der Waals surface area contributed by atoms with Crippen LogP contribution in [0.3, 0.4) is 0 Å². The van der Waals surface area contributed by atoms with Gasteiger partial charge >= 0.3 is 0 Å². The molecule has 148 valence electrons. The highest BCUT2D eigenvalue weighted by molar-refractivity contribution is 5.76. The van der Waals surface area contributed by atoms with E-state index in [0.717, 1.165) is 38.3 Å². The topological polar surface area (TPSA) is 44.8 Å². The molecule has 3 aliphatic heterocycles. The maximum Gasteiger partial charge on any atom is 0.222 e. The van der Waals surface area contributed by atoms with Crippen LogP contribution in [0.1, 0.15) is 50.6 Å². The lowest BCUT2D eigenvalue weighted by atomic mass is 9.89. The minimum absolute atomic E-state index is 0.345. The quantitative estimate of drug-likeness (QED) is 0.864. The molecule has 5 nitrogen and oxygen atoms in total. The summed E-state index contributed by atoms with van der Waals surface area (Å²) in [5, 5.41) is 3.67. The average Bonchev–Trinajstić information content (AvgIpc) is 3.05. The smallest absolute Gasteiger partial charge is 0.222 e. The highest BCUT2D eigenvalue weighted by Gasteiger charge is 2.35. The first kappa shape index (κ1) is 18.8. The number of hydrogen-bond donors (Lipinski definition) is 1. The lowest BCUT2D eigenvalue weighted by molar-refractivity contribution is -0.134. The van der Waals surface area contributed by atoms with Crippen molar-refractivity contribution in [2.24, 2.45) is 5.92 Å². The van der Waals surface area contributed by atoms with Gasteiger partial charge in [0.05, 0.1) is 7.11 Å². The molecular formula is C22H33N3O2. The molecule has 0 aromatic heterocycles. The van der Waals surface area contributed by atoms with Crippen molar-refractivity contribution in [3.05, 3.63) is 29.8 Å². The number of carbonyl (C=O) groups excluding carboxylic acids is 1. The van der Waals surface area contributed by atoms with Crippen molar-refractivity contribution < 1.29 is 9.53 Å². The Hall–Kier alpha value is -1.59. The third-order valence-corrected chi connectivity index (χ3v) is 6.82. The second-order valence-electron chi connectivity index (χ2n) is 8.55. The molecule has 0 aliphatic carbocycles. The van der Waals surface area contributed by atoms with Gasteiger partial charge in [0.15, 0.2) is 0 Å². The number of piperidine rings is 1. The van der Waals surface area contributed by atoms with Crippen molar-refractivity contribution in [3.8, 4) is 5.75 Å². The van der Waals surface area contributed by atoms with Gasteiger partial charge in [-0.2, -0.15) is 0 Å². The third kappa shape index (κ3) is 4.30. The van der Waals surface area contributed by atoms with Crippen molar-refractivity contribution in [2.75, 3.05) is 33.3 Å².